The van der Waals surface area contributed by atoms with E-state index >= 15 is 0 Å². The number of rotatable bonds is 1. The molecular weight excluding hydrogens is 247 g/mol. The van der Waals surface area contributed by atoms with E-state index < -0.39 is 0 Å². The number of hydrogen-bond acceptors (Lipinski definition) is 3. The topological polar surface area (TPSA) is 58.9 Å². The molecule has 1 aromatic carbocycles. The Morgan fingerprint density at radius 2 is 2.05 bits per heavy atom. The molecule has 0 bridgehead atoms. The predicted molar refractivity (Wildman–Crippen MR) is 69.5 cm³/mol. The number of fused-ring (bicyclic) bond motifs is 1. The predicted octanol–water partition coefficient (Wildman–Crippen LogP) is 2.94. The van der Waals surface area contributed by atoms with Crippen LogP contribution in [-0.4, -0.2) is 9.97 Å². The molecule has 0 fully saturated rings. The lowest BCUT2D eigenvalue weighted by atomic mass is 10.2. The standard InChI is InChI=1S/C14H11FN2O2/c1-7-8(2)17-14(18)13(16-7)12-6-9-5-10(15)3-4-11(9)19-12/h3-6H,1-2H3,(H,17,18). The zero-order valence-corrected chi connectivity index (χ0v) is 10.5. The third-order valence-corrected chi connectivity index (χ3v) is 3.05. The summed E-state index contributed by atoms with van der Waals surface area (Å²) < 4.78 is 18.7. The molecule has 1 N–H and O–H groups in total. The number of aryl methyl sites for hydroxylation is 2. The summed E-state index contributed by atoms with van der Waals surface area (Å²) in [5.74, 6) is -0.00763. The Balaban J connectivity index is 2.24. The van der Waals surface area contributed by atoms with E-state index in [4.69, 9.17) is 4.42 Å². The van der Waals surface area contributed by atoms with Crippen LogP contribution in [0.15, 0.2) is 33.5 Å². The summed E-state index contributed by atoms with van der Waals surface area (Å²) in [4.78, 5) is 18.8. The van der Waals surface area contributed by atoms with Gasteiger partial charge in [0.1, 0.15) is 11.4 Å². The van der Waals surface area contributed by atoms with Gasteiger partial charge < -0.3 is 9.40 Å². The van der Waals surface area contributed by atoms with E-state index in [9.17, 15) is 9.18 Å². The fourth-order valence-corrected chi connectivity index (χ4v) is 1.92. The first-order valence-corrected chi connectivity index (χ1v) is 5.81. The van der Waals surface area contributed by atoms with Gasteiger partial charge in [0.2, 0.25) is 0 Å². The molecule has 0 aliphatic heterocycles. The minimum absolute atomic E-state index is 0.208. The van der Waals surface area contributed by atoms with Gasteiger partial charge in [-0.05, 0) is 38.1 Å². The van der Waals surface area contributed by atoms with Gasteiger partial charge in [0, 0.05) is 11.1 Å². The van der Waals surface area contributed by atoms with Crippen LogP contribution in [0.1, 0.15) is 11.4 Å². The molecule has 0 saturated heterocycles. The van der Waals surface area contributed by atoms with Gasteiger partial charge in [-0.25, -0.2) is 9.37 Å². The van der Waals surface area contributed by atoms with Crippen molar-refractivity contribution < 1.29 is 8.81 Å². The van der Waals surface area contributed by atoms with Crippen LogP contribution in [-0.2, 0) is 0 Å². The molecule has 0 radical (unpaired) electrons. The second kappa shape index (κ2) is 4.05. The molecule has 3 aromatic rings. The highest BCUT2D eigenvalue weighted by atomic mass is 19.1. The molecule has 0 atom stereocenters. The third-order valence-electron chi connectivity index (χ3n) is 3.05. The summed E-state index contributed by atoms with van der Waals surface area (Å²) in [7, 11) is 0. The maximum atomic E-state index is 13.1. The summed E-state index contributed by atoms with van der Waals surface area (Å²) in [5.41, 5.74) is 1.86. The van der Waals surface area contributed by atoms with Crippen molar-refractivity contribution in [2.24, 2.45) is 0 Å². The molecule has 3 rings (SSSR count). The van der Waals surface area contributed by atoms with Crippen LogP contribution in [0.2, 0.25) is 0 Å². The van der Waals surface area contributed by atoms with Crippen molar-refractivity contribution in [2.75, 3.05) is 0 Å². The molecule has 19 heavy (non-hydrogen) atoms. The molecule has 2 aromatic heterocycles. The van der Waals surface area contributed by atoms with Crippen LogP contribution < -0.4 is 5.56 Å². The lowest BCUT2D eigenvalue weighted by Crippen LogP contribution is -2.13. The van der Waals surface area contributed by atoms with E-state index in [-0.39, 0.29) is 17.1 Å². The first-order valence-electron chi connectivity index (χ1n) is 5.81. The maximum absolute atomic E-state index is 13.1. The quantitative estimate of drug-likeness (QED) is 0.730. The molecular formula is C14H11FN2O2. The summed E-state index contributed by atoms with van der Waals surface area (Å²) in [6.45, 7) is 3.58. The van der Waals surface area contributed by atoms with Crippen LogP contribution in [0.5, 0.6) is 0 Å². The van der Waals surface area contributed by atoms with Crippen molar-refractivity contribution in [3.05, 3.63) is 51.8 Å². The number of aromatic nitrogens is 2. The largest absolute Gasteiger partial charge is 0.454 e. The number of halogens is 1. The normalized spacial score (nSPS) is 11.1. The number of aromatic amines is 1. The van der Waals surface area contributed by atoms with Crippen LogP contribution in [0, 0.1) is 19.7 Å². The second-order valence-electron chi connectivity index (χ2n) is 4.42. The Morgan fingerprint density at radius 1 is 1.26 bits per heavy atom. The van der Waals surface area contributed by atoms with E-state index in [1.165, 1.54) is 18.2 Å². The summed E-state index contributed by atoms with van der Waals surface area (Å²) >= 11 is 0. The molecule has 0 spiro atoms. The number of H-pyrrole nitrogens is 1. The van der Waals surface area contributed by atoms with Gasteiger partial charge in [-0.15, -0.1) is 0 Å². The van der Waals surface area contributed by atoms with Crippen LogP contribution >= 0.6 is 0 Å². The van der Waals surface area contributed by atoms with E-state index in [1.54, 1.807) is 19.9 Å². The molecule has 5 heteroatoms. The average molecular weight is 258 g/mol. The molecule has 0 amide bonds. The van der Waals surface area contributed by atoms with Crippen LogP contribution in [0.4, 0.5) is 4.39 Å². The molecule has 4 nitrogen and oxygen atoms in total. The van der Waals surface area contributed by atoms with E-state index in [0.29, 0.717) is 16.7 Å². The van der Waals surface area contributed by atoms with Gasteiger partial charge in [-0.3, -0.25) is 4.79 Å². The van der Waals surface area contributed by atoms with E-state index in [0.717, 1.165) is 11.4 Å². The summed E-state index contributed by atoms with van der Waals surface area (Å²) in [6.07, 6.45) is 0. The van der Waals surface area contributed by atoms with E-state index in [2.05, 4.69) is 9.97 Å². The highest BCUT2D eigenvalue weighted by molar-refractivity contribution is 5.82. The Labute approximate surface area is 107 Å². The number of nitrogens with one attached hydrogen (secondary N) is 1. The lowest BCUT2D eigenvalue weighted by Gasteiger charge is -2.00. The minimum atomic E-state index is -0.346. The van der Waals surface area contributed by atoms with Crippen LogP contribution in [0.25, 0.3) is 22.4 Å². The van der Waals surface area contributed by atoms with Crippen molar-refractivity contribution >= 4 is 11.0 Å². The Kier molecular flexibility index (Phi) is 2.48. The van der Waals surface area contributed by atoms with Crippen molar-refractivity contribution in [3.63, 3.8) is 0 Å². The van der Waals surface area contributed by atoms with Crippen molar-refractivity contribution in [2.45, 2.75) is 13.8 Å². The SMILES string of the molecule is Cc1nc(-c2cc3cc(F)ccc3o2)c(=O)[nH]c1C. The van der Waals surface area contributed by atoms with Crippen LogP contribution in [0.3, 0.4) is 0 Å². The summed E-state index contributed by atoms with van der Waals surface area (Å²) in [6, 6.07) is 5.82. The minimum Gasteiger partial charge on any atom is -0.454 e. The Morgan fingerprint density at radius 3 is 2.84 bits per heavy atom. The first kappa shape index (κ1) is 11.6. The number of benzene rings is 1. The molecule has 0 aliphatic rings. The van der Waals surface area contributed by atoms with Gasteiger partial charge >= 0.3 is 0 Å². The molecule has 0 unspecified atom stereocenters. The number of hydrogen-bond donors (Lipinski definition) is 1. The van der Waals surface area contributed by atoms with Gasteiger partial charge in [0.25, 0.3) is 5.56 Å². The van der Waals surface area contributed by atoms with Crippen molar-refractivity contribution in [1.29, 1.82) is 0 Å². The smallest absolute Gasteiger partial charge is 0.277 e. The van der Waals surface area contributed by atoms with Gasteiger partial charge in [0.15, 0.2) is 11.5 Å². The fraction of sp³-hybridized carbons (Fsp3) is 0.143. The van der Waals surface area contributed by atoms with Crippen molar-refractivity contribution in [1.82, 2.24) is 9.97 Å². The summed E-state index contributed by atoms with van der Waals surface area (Å²) in [5, 5.41) is 0.606. The molecule has 0 aliphatic carbocycles. The first-order chi connectivity index (χ1) is 9.04. The monoisotopic (exact) mass is 258 g/mol. The zero-order valence-electron chi connectivity index (χ0n) is 10.5. The fourth-order valence-electron chi connectivity index (χ4n) is 1.92. The van der Waals surface area contributed by atoms with Gasteiger partial charge in [0.05, 0.1) is 5.69 Å². The maximum Gasteiger partial charge on any atom is 0.277 e. The second-order valence-corrected chi connectivity index (χ2v) is 4.42. The molecule has 2 heterocycles. The Hall–Kier alpha value is -2.43. The number of furan rings is 1. The van der Waals surface area contributed by atoms with Gasteiger partial charge in [-0.2, -0.15) is 0 Å². The average Bonchev–Trinajstić information content (AvgIpc) is 2.76. The zero-order chi connectivity index (χ0) is 13.6. The third kappa shape index (κ3) is 1.93. The number of nitrogens with zero attached hydrogens (tertiary/aromatic N) is 1. The molecule has 0 saturated carbocycles. The highest BCUT2D eigenvalue weighted by Crippen LogP contribution is 2.25. The molecule has 96 valence electrons. The van der Waals surface area contributed by atoms with E-state index in [1.807, 2.05) is 0 Å². The highest BCUT2D eigenvalue weighted by Gasteiger charge is 2.13. The lowest BCUT2D eigenvalue weighted by molar-refractivity contribution is 0.616. The Bertz CT molecular complexity index is 833. The van der Waals surface area contributed by atoms with Gasteiger partial charge in [-0.1, -0.05) is 0 Å². The van der Waals surface area contributed by atoms with Crippen molar-refractivity contribution in [3.8, 4) is 11.5 Å².